The van der Waals surface area contributed by atoms with Crippen LogP contribution in [0.15, 0.2) is 24.3 Å². The van der Waals surface area contributed by atoms with Crippen molar-refractivity contribution in [1.29, 1.82) is 0 Å². The van der Waals surface area contributed by atoms with E-state index in [2.05, 4.69) is 12.2 Å². The molecule has 0 saturated carbocycles. The van der Waals surface area contributed by atoms with Crippen LogP contribution < -0.4 is 10.1 Å². The molecule has 1 aromatic rings. The highest BCUT2D eigenvalue weighted by molar-refractivity contribution is 5.85. The summed E-state index contributed by atoms with van der Waals surface area (Å²) < 4.78 is 11.3. The van der Waals surface area contributed by atoms with Crippen LogP contribution in [0, 0.1) is 11.8 Å². The van der Waals surface area contributed by atoms with Crippen LogP contribution in [-0.2, 0) is 16.1 Å². The number of carbonyl (C=O) groups excluding carboxylic acids is 1. The zero-order valence-electron chi connectivity index (χ0n) is 17.2. The highest BCUT2D eigenvalue weighted by Gasteiger charge is 2.27. The van der Waals surface area contributed by atoms with Gasteiger partial charge in [-0.15, -0.1) is 12.4 Å². The van der Waals surface area contributed by atoms with E-state index in [4.69, 9.17) is 9.47 Å². The summed E-state index contributed by atoms with van der Waals surface area (Å²) in [4.78, 5) is 15.2. The minimum Gasteiger partial charge on any atom is -0.496 e. The Morgan fingerprint density at radius 2 is 2.04 bits per heavy atom. The number of methoxy groups -OCH3 is 1. The van der Waals surface area contributed by atoms with Gasteiger partial charge in [0.25, 0.3) is 0 Å². The zero-order chi connectivity index (χ0) is 19.1. The van der Waals surface area contributed by atoms with Crippen molar-refractivity contribution in [3.63, 3.8) is 0 Å². The van der Waals surface area contributed by atoms with E-state index < -0.39 is 0 Å². The molecule has 158 valence electrons. The van der Waals surface area contributed by atoms with E-state index in [1.807, 2.05) is 29.2 Å². The average molecular weight is 411 g/mol. The molecule has 2 aliphatic rings. The number of halogens is 1. The van der Waals surface area contributed by atoms with Crippen molar-refractivity contribution in [2.24, 2.45) is 11.8 Å². The van der Waals surface area contributed by atoms with E-state index >= 15 is 0 Å². The lowest BCUT2D eigenvalue weighted by Crippen LogP contribution is -2.39. The lowest BCUT2D eigenvalue weighted by molar-refractivity contribution is -0.134. The van der Waals surface area contributed by atoms with Gasteiger partial charge in [0.2, 0.25) is 5.91 Å². The highest BCUT2D eigenvalue weighted by Crippen LogP contribution is 2.27. The number of hydrogen-bond donors (Lipinski definition) is 1. The predicted molar refractivity (Wildman–Crippen MR) is 114 cm³/mol. The Morgan fingerprint density at radius 3 is 2.71 bits per heavy atom. The van der Waals surface area contributed by atoms with E-state index in [0.717, 1.165) is 43.9 Å². The number of hydrogen-bond acceptors (Lipinski definition) is 4. The Kier molecular flexibility index (Phi) is 9.56. The molecular weight excluding hydrogens is 376 g/mol. The fraction of sp³-hybridized carbons (Fsp3) is 0.682. The molecule has 0 bridgehead atoms. The first kappa shape index (κ1) is 23.0. The maximum atomic E-state index is 13.2. The first-order valence-corrected chi connectivity index (χ1v) is 10.4. The summed E-state index contributed by atoms with van der Waals surface area (Å²) in [6, 6.07) is 7.98. The topological polar surface area (TPSA) is 50.8 Å². The maximum absolute atomic E-state index is 13.2. The fourth-order valence-electron chi connectivity index (χ4n) is 4.31. The van der Waals surface area contributed by atoms with Crippen LogP contribution in [0.4, 0.5) is 0 Å². The largest absolute Gasteiger partial charge is 0.496 e. The first-order valence-electron chi connectivity index (χ1n) is 10.4. The monoisotopic (exact) mass is 410 g/mol. The third kappa shape index (κ3) is 6.36. The zero-order valence-corrected chi connectivity index (χ0v) is 18.0. The molecule has 1 amide bonds. The molecule has 5 nitrogen and oxygen atoms in total. The summed E-state index contributed by atoms with van der Waals surface area (Å²) in [7, 11) is 1.68. The Labute approximate surface area is 175 Å². The van der Waals surface area contributed by atoms with E-state index in [1.165, 1.54) is 12.8 Å². The van der Waals surface area contributed by atoms with Crippen molar-refractivity contribution in [3.8, 4) is 5.75 Å². The van der Waals surface area contributed by atoms with Gasteiger partial charge in [0, 0.05) is 31.7 Å². The molecule has 2 saturated heterocycles. The molecule has 3 rings (SSSR count). The number of para-hydroxylation sites is 1. The van der Waals surface area contributed by atoms with Crippen molar-refractivity contribution in [3.05, 3.63) is 29.8 Å². The minimum absolute atomic E-state index is 0. The molecule has 0 spiro atoms. The summed E-state index contributed by atoms with van der Waals surface area (Å²) in [5.41, 5.74) is 1.06. The van der Waals surface area contributed by atoms with Gasteiger partial charge in [-0.2, -0.15) is 0 Å². The van der Waals surface area contributed by atoms with Gasteiger partial charge in [-0.05, 0) is 56.7 Å². The van der Waals surface area contributed by atoms with Gasteiger partial charge in [0.05, 0.1) is 13.2 Å². The third-order valence-electron chi connectivity index (χ3n) is 6.04. The third-order valence-corrected chi connectivity index (χ3v) is 6.04. The van der Waals surface area contributed by atoms with Crippen molar-refractivity contribution in [2.75, 3.05) is 33.4 Å². The minimum atomic E-state index is 0. The van der Waals surface area contributed by atoms with Crippen LogP contribution >= 0.6 is 12.4 Å². The van der Waals surface area contributed by atoms with Crippen LogP contribution in [0.2, 0.25) is 0 Å². The van der Waals surface area contributed by atoms with Gasteiger partial charge in [0.1, 0.15) is 5.75 Å². The van der Waals surface area contributed by atoms with Crippen molar-refractivity contribution < 1.29 is 14.3 Å². The fourth-order valence-corrected chi connectivity index (χ4v) is 4.31. The number of piperidine rings is 1. The van der Waals surface area contributed by atoms with Crippen LogP contribution in [0.3, 0.4) is 0 Å². The molecule has 2 fully saturated rings. The van der Waals surface area contributed by atoms with Gasteiger partial charge >= 0.3 is 0 Å². The molecule has 0 radical (unpaired) electrons. The van der Waals surface area contributed by atoms with E-state index in [0.29, 0.717) is 31.3 Å². The summed E-state index contributed by atoms with van der Waals surface area (Å²) in [5, 5.41) is 3.41. The number of rotatable bonds is 8. The van der Waals surface area contributed by atoms with Crippen LogP contribution in [0.1, 0.15) is 44.6 Å². The smallest absolute Gasteiger partial charge is 0.223 e. The quantitative estimate of drug-likeness (QED) is 0.710. The van der Waals surface area contributed by atoms with Gasteiger partial charge in [0.15, 0.2) is 0 Å². The Balaban J connectivity index is 0.00000280. The number of nitrogens with zero attached hydrogens (tertiary/aromatic N) is 1. The molecule has 2 atom stereocenters. The molecular formula is C22H35ClN2O3. The molecule has 0 aromatic heterocycles. The maximum Gasteiger partial charge on any atom is 0.223 e. The van der Waals surface area contributed by atoms with E-state index in [9.17, 15) is 4.79 Å². The van der Waals surface area contributed by atoms with Crippen LogP contribution in [-0.4, -0.2) is 50.3 Å². The normalized spacial score (nSPS) is 21.0. The standard InChI is InChI=1S/C22H34N2O3.ClH/c1-17(18-9-11-23-12-10-18)14-22(25)24(16-20-7-5-13-27-20)15-19-6-3-4-8-21(19)26-2;/h3-4,6,8,17-18,20,23H,5,7,9-16H2,1-2H3;1H. The second-order valence-corrected chi connectivity index (χ2v) is 7.99. The van der Waals surface area contributed by atoms with Gasteiger partial charge in [-0.3, -0.25) is 4.79 Å². The Bertz CT molecular complexity index is 601. The van der Waals surface area contributed by atoms with Gasteiger partial charge in [-0.25, -0.2) is 0 Å². The molecule has 2 unspecified atom stereocenters. The molecule has 0 aliphatic carbocycles. The lowest BCUT2D eigenvalue weighted by Gasteiger charge is -2.31. The molecule has 1 aromatic carbocycles. The van der Waals surface area contributed by atoms with Crippen LogP contribution in [0.5, 0.6) is 5.75 Å². The first-order chi connectivity index (χ1) is 13.2. The summed E-state index contributed by atoms with van der Waals surface area (Å²) in [5.74, 6) is 2.15. The molecule has 2 aliphatic heterocycles. The predicted octanol–water partition coefficient (Wildman–Crippen LogP) is 3.65. The second kappa shape index (κ2) is 11.6. The van der Waals surface area contributed by atoms with Crippen molar-refractivity contribution in [1.82, 2.24) is 10.2 Å². The van der Waals surface area contributed by atoms with E-state index in [-0.39, 0.29) is 24.4 Å². The van der Waals surface area contributed by atoms with Crippen LogP contribution in [0.25, 0.3) is 0 Å². The SMILES string of the molecule is COc1ccccc1CN(CC1CCCO1)C(=O)CC(C)C1CCNCC1.Cl. The molecule has 1 N–H and O–H groups in total. The second-order valence-electron chi connectivity index (χ2n) is 7.99. The number of amides is 1. The summed E-state index contributed by atoms with van der Waals surface area (Å²) in [6.45, 7) is 6.46. The average Bonchev–Trinajstić information content (AvgIpc) is 3.21. The lowest BCUT2D eigenvalue weighted by atomic mass is 9.84. The highest BCUT2D eigenvalue weighted by atomic mass is 35.5. The summed E-state index contributed by atoms with van der Waals surface area (Å²) >= 11 is 0. The molecule has 6 heteroatoms. The van der Waals surface area contributed by atoms with Crippen molar-refractivity contribution in [2.45, 2.75) is 51.7 Å². The van der Waals surface area contributed by atoms with Gasteiger partial charge in [-0.1, -0.05) is 25.1 Å². The summed E-state index contributed by atoms with van der Waals surface area (Å²) in [6.07, 6.45) is 5.26. The number of carbonyl (C=O) groups is 1. The molecule has 2 heterocycles. The number of ether oxygens (including phenoxy) is 2. The number of benzene rings is 1. The van der Waals surface area contributed by atoms with E-state index in [1.54, 1.807) is 7.11 Å². The number of nitrogens with one attached hydrogen (secondary N) is 1. The van der Waals surface area contributed by atoms with Gasteiger partial charge < -0.3 is 19.7 Å². The Morgan fingerprint density at radius 1 is 1.29 bits per heavy atom. The molecule has 28 heavy (non-hydrogen) atoms. The Hall–Kier alpha value is -1.30. The van der Waals surface area contributed by atoms with Crippen molar-refractivity contribution >= 4 is 18.3 Å².